The van der Waals surface area contributed by atoms with E-state index in [4.69, 9.17) is 19.5 Å². The fraction of sp³-hybridized carbons (Fsp3) is 0.500. The average Bonchev–Trinajstić information content (AvgIpc) is 2.46. The van der Waals surface area contributed by atoms with E-state index in [1.807, 2.05) is 12.1 Å². The van der Waals surface area contributed by atoms with Crippen LogP contribution < -0.4 is 5.32 Å². The maximum absolute atomic E-state index is 8.99. The first-order valence-electron chi connectivity index (χ1n) is 6.36. The lowest BCUT2D eigenvalue weighted by Crippen LogP contribution is -2.14. The normalized spacial score (nSPS) is 10.2. The summed E-state index contributed by atoms with van der Waals surface area (Å²) in [5.74, 6) is 0. The zero-order valence-electron chi connectivity index (χ0n) is 11.5. The Morgan fingerprint density at radius 3 is 2.55 bits per heavy atom. The van der Waals surface area contributed by atoms with Gasteiger partial charge in [0.25, 0.3) is 0 Å². The van der Waals surface area contributed by atoms with Crippen LogP contribution >= 0.6 is 15.9 Å². The molecule has 0 spiro atoms. The molecule has 1 rings (SSSR count). The van der Waals surface area contributed by atoms with E-state index in [9.17, 15) is 0 Å². The van der Waals surface area contributed by atoms with Crippen LogP contribution in [0.2, 0.25) is 0 Å². The summed E-state index contributed by atoms with van der Waals surface area (Å²) in [7, 11) is 1.64. The predicted octanol–water partition coefficient (Wildman–Crippen LogP) is 2.41. The summed E-state index contributed by atoms with van der Waals surface area (Å²) >= 11 is 3.38. The lowest BCUT2D eigenvalue weighted by Gasteiger charge is -2.09. The van der Waals surface area contributed by atoms with Gasteiger partial charge in [-0.15, -0.1) is 0 Å². The Bertz CT molecular complexity index is 435. The van der Waals surface area contributed by atoms with Gasteiger partial charge in [-0.05, 0) is 18.2 Å². The summed E-state index contributed by atoms with van der Waals surface area (Å²) in [5.41, 5.74) is 1.43. The molecule has 0 saturated heterocycles. The van der Waals surface area contributed by atoms with Crippen LogP contribution in [0.4, 0.5) is 5.69 Å². The highest BCUT2D eigenvalue weighted by Crippen LogP contribution is 2.20. The molecule has 0 fully saturated rings. The quantitative estimate of drug-likeness (QED) is 0.661. The number of rotatable bonds is 10. The highest BCUT2D eigenvalue weighted by molar-refractivity contribution is 9.10. The van der Waals surface area contributed by atoms with Crippen LogP contribution in [0.1, 0.15) is 5.56 Å². The van der Waals surface area contributed by atoms with Crippen LogP contribution in [0.15, 0.2) is 22.7 Å². The third-order valence-electron chi connectivity index (χ3n) is 2.47. The van der Waals surface area contributed by atoms with Crippen molar-refractivity contribution in [1.29, 1.82) is 5.26 Å². The molecule has 0 aromatic heterocycles. The summed E-state index contributed by atoms with van der Waals surface area (Å²) in [6, 6.07) is 7.65. The van der Waals surface area contributed by atoms with E-state index in [1.165, 1.54) is 0 Å². The van der Waals surface area contributed by atoms with E-state index in [1.54, 1.807) is 13.2 Å². The fourth-order valence-corrected chi connectivity index (χ4v) is 1.84. The summed E-state index contributed by atoms with van der Waals surface area (Å²) in [5, 5.41) is 12.2. The summed E-state index contributed by atoms with van der Waals surface area (Å²) < 4.78 is 16.5. The van der Waals surface area contributed by atoms with Gasteiger partial charge in [0.15, 0.2) is 0 Å². The lowest BCUT2D eigenvalue weighted by atomic mass is 10.2. The van der Waals surface area contributed by atoms with Crippen molar-refractivity contribution in [3.63, 3.8) is 0 Å². The van der Waals surface area contributed by atoms with Gasteiger partial charge in [0.05, 0.1) is 44.3 Å². The molecule has 0 aliphatic heterocycles. The molecule has 5 nitrogen and oxygen atoms in total. The summed E-state index contributed by atoms with van der Waals surface area (Å²) in [6.45, 7) is 3.50. The molecule has 110 valence electrons. The van der Waals surface area contributed by atoms with E-state index in [-0.39, 0.29) is 0 Å². The van der Waals surface area contributed by atoms with E-state index in [2.05, 4.69) is 27.3 Å². The average molecular weight is 343 g/mol. The van der Waals surface area contributed by atoms with Crippen molar-refractivity contribution in [1.82, 2.24) is 0 Å². The maximum Gasteiger partial charge on any atom is 0.101 e. The Balaban J connectivity index is 2.12. The molecule has 0 radical (unpaired) electrons. The molecule has 0 bridgehead atoms. The second-order valence-corrected chi connectivity index (χ2v) is 4.86. The largest absolute Gasteiger partial charge is 0.382 e. The molecule has 0 aliphatic rings. The first-order valence-corrected chi connectivity index (χ1v) is 7.15. The molecule has 1 aromatic rings. The second kappa shape index (κ2) is 10.6. The number of anilines is 1. The zero-order chi connectivity index (χ0) is 14.6. The third-order valence-corrected chi connectivity index (χ3v) is 2.96. The fourth-order valence-electron chi connectivity index (χ4n) is 1.48. The Morgan fingerprint density at radius 1 is 1.15 bits per heavy atom. The molecule has 6 heteroatoms. The van der Waals surface area contributed by atoms with Gasteiger partial charge < -0.3 is 19.5 Å². The minimum atomic E-state index is 0.551. The van der Waals surface area contributed by atoms with Crippen LogP contribution in [0.25, 0.3) is 0 Å². The molecule has 0 aliphatic carbocycles. The lowest BCUT2D eigenvalue weighted by molar-refractivity contribution is 0.0272. The van der Waals surface area contributed by atoms with Gasteiger partial charge >= 0.3 is 0 Å². The van der Waals surface area contributed by atoms with Crippen molar-refractivity contribution in [2.75, 3.05) is 52.0 Å². The van der Waals surface area contributed by atoms with Gasteiger partial charge in [0, 0.05) is 18.1 Å². The predicted molar refractivity (Wildman–Crippen MR) is 80.9 cm³/mol. The van der Waals surface area contributed by atoms with Gasteiger partial charge in [0.2, 0.25) is 0 Å². The van der Waals surface area contributed by atoms with Crippen molar-refractivity contribution in [2.45, 2.75) is 0 Å². The van der Waals surface area contributed by atoms with Gasteiger partial charge in [-0.1, -0.05) is 15.9 Å². The minimum absolute atomic E-state index is 0.551. The Kier molecular flexibility index (Phi) is 9.00. The topological polar surface area (TPSA) is 63.5 Å². The zero-order valence-corrected chi connectivity index (χ0v) is 13.1. The number of benzene rings is 1. The van der Waals surface area contributed by atoms with E-state index in [0.717, 1.165) is 10.2 Å². The molecule has 1 aromatic carbocycles. The molecule has 0 atom stereocenters. The first kappa shape index (κ1) is 16.9. The van der Waals surface area contributed by atoms with Crippen LogP contribution in [-0.2, 0) is 14.2 Å². The Hall–Kier alpha value is -1.13. The number of nitrogens with one attached hydrogen (secondary N) is 1. The Morgan fingerprint density at radius 2 is 1.85 bits per heavy atom. The number of hydrogen-bond donors (Lipinski definition) is 1. The maximum atomic E-state index is 8.99. The smallest absolute Gasteiger partial charge is 0.101 e. The number of methoxy groups -OCH3 is 1. The van der Waals surface area contributed by atoms with Gasteiger partial charge in [-0.25, -0.2) is 0 Å². The number of halogens is 1. The molecule has 20 heavy (non-hydrogen) atoms. The molecule has 1 N–H and O–H groups in total. The summed E-state index contributed by atoms with van der Waals surface area (Å²) in [4.78, 5) is 0. The summed E-state index contributed by atoms with van der Waals surface area (Å²) in [6.07, 6.45) is 0. The van der Waals surface area contributed by atoms with Crippen molar-refractivity contribution < 1.29 is 14.2 Å². The first-order chi connectivity index (χ1) is 9.77. The van der Waals surface area contributed by atoms with Gasteiger partial charge in [-0.2, -0.15) is 5.26 Å². The molecular formula is C14H19BrN2O3. The third kappa shape index (κ3) is 6.87. The molecular weight excluding hydrogens is 324 g/mol. The van der Waals surface area contributed by atoms with Gasteiger partial charge in [0.1, 0.15) is 6.07 Å². The SMILES string of the molecule is COCCOCCOCCNc1cc(Br)ccc1C#N. The van der Waals surface area contributed by atoms with Crippen LogP contribution in [0, 0.1) is 11.3 Å². The van der Waals surface area contributed by atoms with E-state index in [0.29, 0.717) is 45.1 Å². The Labute approximate surface area is 128 Å². The molecule has 0 amide bonds. The minimum Gasteiger partial charge on any atom is -0.382 e. The molecule has 0 heterocycles. The monoisotopic (exact) mass is 342 g/mol. The number of nitrogens with zero attached hydrogens (tertiary/aromatic N) is 1. The van der Waals surface area contributed by atoms with Crippen molar-refractivity contribution in [3.05, 3.63) is 28.2 Å². The highest BCUT2D eigenvalue weighted by atomic mass is 79.9. The molecule has 0 unspecified atom stereocenters. The number of nitriles is 1. The number of ether oxygens (including phenoxy) is 3. The molecule has 0 saturated carbocycles. The van der Waals surface area contributed by atoms with Crippen LogP contribution in [0.3, 0.4) is 0 Å². The van der Waals surface area contributed by atoms with Crippen molar-refractivity contribution in [3.8, 4) is 6.07 Å². The van der Waals surface area contributed by atoms with Gasteiger partial charge in [-0.3, -0.25) is 0 Å². The van der Waals surface area contributed by atoms with Crippen LogP contribution in [0.5, 0.6) is 0 Å². The van der Waals surface area contributed by atoms with Crippen LogP contribution in [-0.4, -0.2) is 46.7 Å². The van der Waals surface area contributed by atoms with Crippen molar-refractivity contribution >= 4 is 21.6 Å². The van der Waals surface area contributed by atoms with E-state index >= 15 is 0 Å². The standard InChI is InChI=1S/C14H19BrN2O3/c1-18-6-7-20-9-8-19-5-4-17-14-10-13(15)3-2-12(14)11-16/h2-3,10,17H,4-9H2,1H3. The number of hydrogen-bond acceptors (Lipinski definition) is 5. The van der Waals surface area contributed by atoms with Crippen molar-refractivity contribution in [2.24, 2.45) is 0 Å². The van der Waals surface area contributed by atoms with E-state index < -0.39 is 0 Å². The second-order valence-electron chi connectivity index (χ2n) is 3.95. The highest BCUT2D eigenvalue weighted by Gasteiger charge is 2.01.